The average Bonchev–Trinajstić information content (AvgIpc) is 3.02. The van der Waals surface area contributed by atoms with Crippen molar-refractivity contribution in [1.29, 1.82) is 0 Å². The number of anilines is 1. The Morgan fingerprint density at radius 3 is 2.75 bits per heavy atom. The van der Waals surface area contributed by atoms with Crippen molar-refractivity contribution in [3.05, 3.63) is 42.5 Å². The van der Waals surface area contributed by atoms with Crippen LogP contribution in [0.2, 0.25) is 0 Å². The van der Waals surface area contributed by atoms with Gasteiger partial charge in [0.1, 0.15) is 0 Å². The molecule has 2 fully saturated rings. The van der Waals surface area contributed by atoms with E-state index < -0.39 is 6.04 Å². The Labute approximate surface area is 164 Å². The van der Waals surface area contributed by atoms with Gasteiger partial charge in [-0.3, -0.25) is 19.3 Å². The van der Waals surface area contributed by atoms with Gasteiger partial charge < -0.3 is 4.74 Å². The number of ether oxygens (including phenoxy) is 1. The molecule has 0 unspecified atom stereocenters. The Morgan fingerprint density at radius 2 is 1.93 bits per heavy atom. The van der Waals surface area contributed by atoms with Crippen molar-refractivity contribution in [3.8, 4) is 0 Å². The molecule has 2 aliphatic heterocycles. The number of rotatable bonds is 4. The summed E-state index contributed by atoms with van der Waals surface area (Å²) >= 11 is 0. The molecule has 0 radical (unpaired) electrons. The molecule has 0 bridgehead atoms. The molecule has 0 aliphatic carbocycles. The second-order valence-electron chi connectivity index (χ2n) is 7.37. The van der Waals surface area contributed by atoms with Gasteiger partial charge in [-0.15, -0.1) is 0 Å². The van der Waals surface area contributed by atoms with Crippen molar-refractivity contribution in [1.82, 2.24) is 4.90 Å². The van der Waals surface area contributed by atoms with Crippen LogP contribution in [0.4, 0.5) is 5.69 Å². The fourth-order valence-corrected chi connectivity index (χ4v) is 4.30. The lowest BCUT2D eigenvalue weighted by Crippen LogP contribution is -2.48. The zero-order chi connectivity index (χ0) is 19.7. The van der Waals surface area contributed by atoms with Gasteiger partial charge in [0.2, 0.25) is 5.91 Å². The summed E-state index contributed by atoms with van der Waals surface area (Å²) in [6.45, 7) is 3.32. The fraction of sp³-hybridized carbons (Fsp3) is 0.409. The summed E-state index contributed by atoms with van der Waals surface area (Å²) in [7, 11) is 0. The normalized spacial score (nSPS) is 23.4. The van der Waals surface area contributed by atoms with Crippen LogP contribution in [0.15, 0.2) is 42.5 Å². The first kappa shape index (κ1) is 18.6. The number of carbonyl (C=O) groups is 3. The summed E-state index contributed by atoms with van der Waals surface area (Å²) in [4.78, 5) is 41.4. The molecule has 2 aromatic carbocycles. The molecule has 2 saturated heterocycles. The van der Waals surface area contributed by atoms with Gasteiger partial charge in [0.15, 0.2) is 0 Å². The zero-order valence-electron chi connectivity index (χ0n) is 16.0. The van der Waals surface area contributed by atoms with Crippen LogP contribution in [0.25, 0.3) is 10.8 Å². The second-order valence-corrected chi connectivity index (χ2v) is 7.37. The summed E-state index contributed by atoms with van der Waals surface area (Å²) in [6, 6.07) is 12.9. The zero-order valence-corrected chi connectivity index (χ0v) is 16.0. The molecule has 0 spiro atoms. The van der Waals surface area contributed by atoms with Crippen LogP contribution in [0.1, 0.15) is 26.2 Å². The van der Waals surface area contributed by atoms with Gasteiger partial charge in [0.25, 0.3) is 5.91 Å². The van der Waals surface area contributed by atoms with Gasteiger partial charge in [-0.05, 0) is 37.8 Å². The molecular weight excluding hydrogens is 356 g/mol. The molecule has 146 valence electrons. The third-order valence-electron chi connectivity index (χ3n) is 5.64. The van der Waals surface area contributed by atoms with E-state index in [-0.39, 0.29) is 30.1 Å². The lowest BCUT2D eigenvalue weighted by molar-refractivity contribution is -0.150. The van der Waals surface area contributed by atoms with Crippen LogP contribution < -0.4 is 4.90 Å². The Kier molecular flexibility index (Phi) is 5.13. The molecule has 0 saturated carbocycles. The molecule has 2 aromatic rings. The number of amides is 2. The smallest absolute Gasteiger partial charge is 0.310 e. The van der Waals surface area contributed by atoms with E-state index in [2.05, 4.69) is 0 Å². The Balaban J connectivity index is 1.58. The van der Waals surface area contributed by atoms with Gasteiger partial charge in [-0.2, -0.15) is 0 Å². The topological polar surface area (TPSA) is 66.9 Å². The lowest BCUT2D eigenvalue weighted by Gasteiger charge is -2.34. The third kappa shape index (κ3) is 3.29. The summed E-state index contributed by atoms with van der Waals surface area (Å²) < 4.78 is 5.15. The standard InChI is InChI=1S/C22H24N2O4/c1-2-28-22(27)16-9-6-12-23(14-16)19-13-20(25)24(21(19)26)18-11-5-8-15-7-3-4-10-17(15)18/h3-5,7-8,10-11,16,19H,2,6,9,12-14H2,1H3/t16-,19+/m1/s1. The van der Waals surface area contributed by atoms with E-state index >= 15 is 0 Å². The second kappa shape index (κ2) is 7.72. The summed E-state index contributed by atoms with van der Waals surface area (Å²) in [5.74, 6) is -0.839. The summed E-state index contributed by atoms with van der Waals surface area (Å²) in [6.07, 6.45) is 1.73. The molecule has 2 aliphatic rings. The van der Waals surface area contributed by atoms with E-state index in [4.69, 9.17) is 4.74 Å². The minimum Gasteiger partial charge on any atom is -0.466 e. The summed E-state index contributed by atoms with van der Waals surface area (Å²) in [5.41, 5.74) is 0.634. The first-order chi connectivity index (χ1) is 13.6. The van der Waals surface area contributed by atoms with E-state index in [1.54, 1.807) is 6.92 Å². The lowest BCUT2D eigenvalue weighted by atomic mass is 9.96. The van der Waals surface area contributed by atoms with Gasteiger partial charge in [-0.1, -0.05) is 36.4 Å². The van der Waals surface area contributed by atoms with E-state index in [1.807, 2.05) is 47.4 Å². The molecule has 0 aromatic heterocycles. The number of likely N-dealkylation sites (tertiary alicyclic amines) is 1. The molecule has 2 heterocycles. The number of nitrogens with zero attached hydrogens (tertiary/aromatic N) is 2. The number of piperidine rings is 1. The molecule has 28 heavy (non-hydrogen) atoms. The van der Waals surface area contributed by atoms with E-state index in [0.717, 1.165) is 23.6 Å². The van der Waals surface area contributed by atoms with E-state index in [0.29, 0.717) is 25.4 Å². The third-order valence-corrected chi connectivity index (χ3v) is 5.64. The quantitative estimate of drug-likeness (QED) is 0.603. The molecule has 6 heteroatoms. The van der Waals surface area contributed by atoms with Gasteiger partial charge >= 0.3 is 5.97 Å². The predicted molar refractivity (Wildman–Crippen MR) is 106 cm³/mol. The van der Waals surface area contributed by atoms with Crippen molar-refractivity contribution in [2.45, 2.75) is 32.2 Å². The van der Waals surface area contributed by atoms with Crippen molar-refractivity contribution < 1.29 is 19.1 Å². The van der Waals surface area contributed by atoms with Crippen LogP contribution in [-0.2, 0) is 19.1 Å². The van der Waals surface area contributed by atoms with Crippen molar-refractivity contribution in [3.63, 3.8) is 0 Å². The predicted octanol–water partition coefficient (Wildman–Crippen LogP) is 2.75. The van der Waals surface area contributed by atoms with Crippen molar-refractivity contribution in [2.75, 3.05) is 24.6 Å². The number of esters is 1. The maximum Gasteiger partial charge on any atom is 0.310 e. The highest BCUT2D eigenvalue weighted by atomic mass is 16.5. The number of carbonyl (C=O) groups excluding carboxylic acids is 3. The average molecular weight is 380 g/mol. The van der Waals surface area contributed by atoms with Gasteiger partial charge in [0.05, 0.1) is 30.7 Å². The van der Waals surface area contributed by atoms with Crippen molar-refractivity contribution in [2.24, 2.45) is 5.92 Å². The molecular formula is C22H24N2O4. The number of hydrogen-bond acceptors (Lipinski definition) is 5. The number of hydrogen-bond donors (Lipinski definition) is 0. The highest BCUT2D eigenvalue weighted by molar-refractivity contribution is 6.25. The van der Waals surface area contributed by atoms with E-state index in [9.17, 15) is 14.4 Å². The SMILES string of the molecule is CCOC(=O)[C@@H]1CCCN([C@H]2CC(=O)N(c3cccc4ccccc34)C2=O)C1. The maximum absolute atomic E-state index is 13.2. The fourth-order valence-electron chi connectivity index (χ4n) is 4.30. The first-order valence-corrected chi connectivity index (χ1v) is 9.85. The highest BCUT2D eigenvalue weighted by Crippen LogP contribution is 2.33. The number of imide groups is 1. The molecule has 4 rings (SSSR count). The first-order valence-electron chi connectivity index (χ1n) is 9.85. The molecule has 2 amide bonds. The Morgan fingerprint density at radius 1 is 1.14 bits per heavy atom. The van der Waals surface area contributed by atoms with Crippen LogP contribution in [-0.4, -0.2) is 48.4 Å². The van der Waals surface area contributed by atoms with Gasteiger partial charge in [0, 0.05) is 11.9 Å². The largest absolute Gasteiger partial charge is 0.466 e. The minimum atomic E-state index is -0.510. The van der Waals surface area contributed by atoms with Crippen LogP contribution in [0.3, 0.4) is 0 Å². The van der Waals surface area contributed by atoms with E-state index in [1.165, 1.54) is 4.90 Å². The monoisotopic (exact) mass is 380 g/mol. The Hall–Kier alpha value is -2.73. The number of benzene rings is 2. The van der Waals surface area contributed by atoms with Crippen LogP contribution in [0.5, 0.6) is 0 Å². The Bertz CT molecular complexity index is 920. The van der Waals surface area contributed by atoms with Crippen molar-refractivity contribution >= 4 is 34.2 Å². The minimum absolute atomic E-state index is 0.150. The van der Waals surface area contributed by atoms with Crippen LogP contribution >= 0.6 is 0 Å². The number of fused-ring (bicyclic) bond motifs is 1. The van der Waals surface area contributed by atoms with Crippen LogP contribution in [0, 0.1) is 5.92 Å². The van der Waals surface area contributed by atoms with Gasteiger partial charge in [-0.25, -0.2) is 4.90 Å². The highest BCUT2D eigenvalue weighted by Gasteiger charge is 2.44. The summed E-state index contributed by atoms with van der Waals surface area (Å²) in [5, 5.41) is 1.87. The maximum atomic E-state index is 13.2. The molecule has 6 nitrogen and oxygen atoms in total. The molecule has 2 atom stereocenters. The molecule has 0 N–H and O–H groups in total.